The molecule has 1 aromatic heterocycles. The van der Waals surface area contributed by atoms with E-state index in [4.69, 9.17) is 9.79 Å². The van der Waals surface area contributed by atoms with Crippen molar-refractivity contribution < 1.29 is 14.4 Å². The first kappa shape index (κ1) is 12.9. The Balaban J connectivity index is 2.32. The van der Waals surface area contributed by atoms with Gasteiger partial charge in [0.25, 0.3) is 0 Å². The molecule has 0 bridgehead atoms. The molecule has 86 valence electrons. The SMILES string of the molecule is Cc1cc(CCCCP(=O)(O)O)c(C)s1. The molecule has 1 aromatic rings. The molecule has 0 spiro atoms. The second-order valence-corrected chi connectivity index (χ2v) is 7.02. The zero-order chi connectivity index (χ0) is 11.5. The maximum atomic E-state index is 10.6. The van der Waals surface area contributed by atoms with Crippen molar-refractivity contribution in [3.8, 4) is 0 Å². The van der Waals surface area contributed by atoms with Gasteiger partial charge in [-0.15, -0.1) is 11.3 Å². The minimum absolute atomic E-state index is 0.00909. The van der Waals surface area contributed by atoms with Gasteiger partial charge in [-0.3, -0.25) is 4.57 Å². The van der Waals surface area contributed by atoms with Crippen LogP contribution in [-0.2, 0) is 11.0 Å². The van der Waals surface area contributed by atoms with Crippen LogP contribution in [0.3, 0.4) is 0 Å². The first-order valence-corrected chi connectivity index (χ1v) is 7.60. The van der Waals surface area contributed by atoms with E-state index in [9.17, 15) is 4.57 Å². The minimum atomic E-state index is -3.79. The molecule has 15 heavy (non-hydrogen) atoms. The maximum Gasteiger partial charge on any atom is 0.325 e. The van der Waals surface area contributed by atoms with E-state index in [-0.39, 0.29) is 6.16 Å². The van der Waals surface area contributed by atoms with Gasteiger partial charge in [0.15, 0.2) is 0 Å². The van der Waals surface area contributed by atoms with Gasteiger partial charge in [-0.05, 0) is 44.7 Å². The highest BCUT2D eigenvalue weighted by atomic mass is 32.1. The van der Waals surface area contributed by atoms with E-state index < -0.39 is 7.60 Å². The third kappa shape index (κ3) is 4.94. The predicted octanol–water partition coefficient (Wildman–Crippen LogP) is 2.87. The van der Waals surface area contributed by atoms with Gasteiger partial charge in [-0.25, -0.2) is 0 Å². The number of hydrogen-bond acceptors (Lipinski definition) is 2. The van der Waals surface area contributed by atoms with Gasteiger partial charge in [-0.1, -0.05) is 0 Å². The molecule has 1 heterocycles. The Morgan fingerprint density at radius 3 is 2.47 bits per heavy atom. The van der Waals surface area contributed by atoms with Crippen LogP contribution in [0.4, 0.5) is 0 Å². The average Bonchev–Trinajstić information content (AvgIpc) is 2.37. The van der Waals surface area contributed by atoms with Crippen molar-refractivity contribution in [2.24, 2.45) is 0 Å². The third-order valence-electron chi connectivity index (χ3n) is 2.29. The number of thiophene rings is 1. The predicted molar refractivity (Wildman–Crippen MR) is 63.6 cm³/mol. The smallest absolute Gasteiger partial charge is 0.324 e. The molecule has 5 heteroatoms. The molecule has 0 fully saturated rings. The minimum Gasteiger partial charge on any atom is -0.324 e. The van der Waals surface area contributed by atoms with Crippen LogP contribution in [0.1, 0.15) is 28.2 Å². The number of aryl methyl sites for hydroxylation is 3. The fraction of sp³-hybridized carbons (Fsp3) is 0.600. The Morgan fingerprint density at radius 1 is 1.33 bits per heavy atom. The molecule has 0 atom stereocenters. The molecule has 0 amide bonds. The van der Waals surface area contributed by atoms with E-state index in [1.165, 1.54) is 15.3 Å². The summed E-state index contributed by atoms with van der Waals surface area (Å²) in [6, 6.07) is 2.16. The summed E-state index contributed by atoms with van der Waals surface area (Å²) in [5.74, 6) is 0. The second kappa shape index (κ2) is 5.26. The van der Waals surface area contributed by atoms with E-state index in [0.29, 0.717) is 6.42 Å². The molecule has 0 aliphatic heterocycles. The molecule has 0 unspecified atom stereocenters. The first-order valence-electron chi connectivity index (χ1n) is 4.99. The average molecular weight is 248 g/mol. The lowest BCUT2D eigenvalue weighted by molar-refractivity contribution is 0.371. The summed E-state index contributed by atoms with van der Waals surface area (Å²) in [6.45, 7) is 4.17. The molecule has 3 nitrogen and oxygen atoms in total. The molecule has 0 aromatic carbocycles. The summed E-state index contributed by atoms with van der Waals surface area (Å²) < 4.78 is 10.6. The first-order chi connectivity index (χ1) is 6.88. The molecule has 0 aliphatic rings. The van der Waals surface area contributed by atoms with E-state index in [1.54, 1.807) is 11.3 Å². The molecule has 1 rings (SSSR count). The van der Waals surface area contributed by atoms with Crippen molar-refractivity contribution >= 4 is 18.9 Å². The Kier molecular flexibility index (Phi) is 4.53. The summed E-state index contributed by atoms with van der Waals surface area (Å²) in [6.07, 6.45) is 2.38. The number of hydrogen-bond donors (Lipinski definition) is 2. The van der Waals surface area contributed by atoms with Crippen LogP contribution in [0, 0.1) is 13.8 Å². The Labute approximate surface area is 94.3 Å². The van der Waals surface area contributed by atoms with Crippen LogP contribution in [-0.4, -0.2) is 15.9 Å². The van der Waals surface area contributed by atoms with Crippen LogP contribution in [0.5, 0.6) is 0 Å². The van der Waals surface area contributed by atoms with Gasteiger partial charge in [0.1, 0.15) is 0 Å². The Bertz CT molecular complexity index is 367. The molecule has 0 saturated heterocycles. The van der Waals surface area contributed by atoms with Crippen molar-refractivity contribution in [2.45, 2.75) is 33.1 Å². The number of rotatable bonds is 5. The van der Waals surface area contributed by atoms with Crippen molar-refractivity contribution in [1.29, 1.82) is 0 Å². The van der Waals surface area contributed by atoms with E-state index >= 15 is 0 Å². The fourth-order valence-corrected chi connectivity index (χ4v) is 3.18. The van der Waals surface area contributed by atoms with Gasteiger partial charge in [-0.2, -0.15) is 0 Å². The lowest BCUT2D eigenvalue weighted by Gasteiger charge is -2.03. The molecular weight excluding hydrogens is 231 g/mol. The zero-order valence-electron chi connectivity index (χ0n) is 9.06. The summed E-state index contributed by atoms with van der Waals surface area (Å²) in [5.41, 5.74) is 1.32. The van der Waals surface area contributed by atoms with E-state index in [1.807, 2.05) is 0 Å². The standard InChI is InChI=1S/C10H17O3PS/c1-8-7-10(9(2)15-8)5-3-4-6-14(11,12)13/h7H,3-6H2,1-2H3,(H2,11,12,13). The highest BCUT2D eigenvalue weighted by molar-refractivity contribution is 7.51. The van der Waals surface area contributed by atoms with Gasteiger partial charge in [0.2, 0.25) is 0 Å². The quantitative estimate of drug-likeness (QED) is 0.622. The highest BCUT2D eigenvalue weighted by Crippen LogP contribution is 2.35. The third-order valence-corrected chi connectivity index (χ3v) is 4.20. The second-order valence-electron chi connectivity index (χ2n) is 3.78. The van der Waals surface area contributed by atoms with Gasteiger partial charge in [0, 0.05) is 15.9 Å². The van der Waals surface area contributed by atoms with E-state index in [2.05, 4.69) is 19.9 Å². The number of unbranched alkanes of at least 4 members (excludes halogenated alkanes) is 1. The summed E-state index contributed by atoms with van der Waals surface area (Å²) in [4.78, 5) is 20.0. The largest absolute Gasteiger partial charge is 0.325 e. The Hall–Kier alpha value is -0.150. The van der Waals surface area contributed by atoms with Crippen molar-refractivity contribution in [1.82, 2.24) is 0 Å². The molecule has 0 radical (unpaired) electrons. The van der Waals surface area contributed by atoms with Gasteiger partial charge in [0.05, 0.1) is 0 Å². The normalized spacial score (nSPS) is 12.0. The molecular formula is C10H17O3PS. The lowest BCUT2D eigenvalue weighted by Crippen LogP contribution is -1.91. The lowest BCUT2D eigenvalue weighted by atomic mass is 10.1. The van der Waals surface area contributed by atoms with Crippen LogP contribution >= 0.6 is 18.9 Å². The highest BCUT2D eigenvalue weighted by Gasteiger charge is 2.11. The summed E-state index contributed by atoms with van der Waals surface area (Å²) >= 11 is 1.78. The molecule has 2 N–H and O–H groups in total. The maximum absolute atomic E-state index is 10.6. The Morgan fingerprint density at radius 2 is 2.00 bits per heavy atom. The van der Waals surface area contributed by atoms with Crippen LogP contribution in [0.15, 0.2) is 6.07 Å². The van der Waals surface area contributed by atoms with E-state index in [0.717, 1.165) is 12.8 Å². The van der Waals surface area contributed by atoms with Gasteiger partial charge >= 0.3 is 7.60 Å². The monoisotopic (exact) mass is 248 g/mol. The molecule has 0 saturated carbocycles. The van der Waals surface area contributed by atoms with Crippen molar-refractivity contribution in [3.63, 3.8) is 0 Å². The van der Waals surface area contributed by atoms with Crippen molar-refractivity contribution in [2.75, 3.05) is 6.16 Å². The molecule has 0 aliphatic carbocycles. The van der Waals surface area contributed by atoms with Crippen LogP contribution in [0.2, 0.25) is 0 Å². The topological polar surface area (TPSA) is 57.5 Å². The van der Waals surface area contributed by atoms with Crippen molar-refractivity contribution in [3.05, 3.63) is 21.4 Å². The van der Waals surface area contributed by atoms with Crippen LogP contribution in [0.25, 0.3) is 0 Å². The zero-order valence-corrected chi connectivity index (χ0v) is 10.8. The summed E-state index contributed by atoms with van der Waals surface area (Å²) in [5, 5.41) is 0. The van der Waals surface area contributed by atoms with Gasteiger partial charge < -0.3 is 9.79 Å². The van der Waals surface area contributed by atoms with Crippen LogP contribution < -0.4 is 0 Å². The fourth-order valence-electron chi connectivity index (χ4n) is 1.56. The summed E-state index contributed by atoms with van der Waals surface area (Å²) in [7, 11) is -3.79.